The lowest BCUT2D eigenvalue weighted by Gasteiger charge is -2.11. The van der Waals surface area contributed by atoms with E-state index in [1.165, 1.54) is 22.3 Å². The van der Waals surface area contributed by atoms with E-state index in [-0.39, 0.29) is 0 Å². The first-order valence-electron chi connectivity index (χ1n) is 4.58. The third-order valence-corrected chi connectivity index (χ3v) is 4.15. The molecule has 1 aromatic rings. The second-order valence-electron chi connectivity index (χ2n) is 3.14. The van der Waals surface area contributed by atoms with Crippen LogP contribution in [0, 0.1) is 0 Å². The Morgan fingerprint density at radius 1 is 0.786 bits per heavy atom. The molecule has 0 saturated carbocycles. The topological polar surface area (TPSA) is 0 Å². The molecule has 0 nitrogen and oxygen atoms in total. The van der Waals surface area contributed by atoms with Crippen LogP contribution < -0.4 is 0 Å². The van der Waals surface area contributed by atoms with Crippen molar-refractivity contribution in [3.8, 4) is 0 Å². The zero-order valence-corrected chi connectivity index (χ0v) is 12.9. The normalized spacial score (nSPS) is 10.6. The Bertz CT molecular complexity index is 249. The van der Waals surface area contributed by atoms with E-state index in [0.29, 0.717) is 0 Å². The van der Waals surface area contributed by atoms with Crippen molar-refractivity contribution in [2.45, 2.75) is 29.3 Å². The number of rotatable bonds is 4. The summed E-state index contributed by atoms with van der Waals surface area (Å²) in [5, 5.41) is 2.81. The molecule has 1 rings (SSSR count). The Labute approximate surface area is 111 Å². The quantitative estimate of drug-likeness (QED) is 0.645. The molecule has 0 N–H and O–H groups in total. The van der Waals surface area contributed by atoms with Crippen LogP contribution in [-0.4, -0.2) is 0 Å². The highest BCUT2D eigenvalue weighted by Gasteiger charge is 2.06. The molecule has 14 heavy (non-hydrogen) atoms. The molecule has 0 aromatic heterocycles. The summed E-state index contributed by atoms with van der Waals surface area (Å²) < 4.78 is 0. The summed E-state index contributed by atoms with van der Waals surface area (Å²) in [4.78, 5) is 0. The van der Waals surface area contributed by atoms with Crippen molar-refractivity contribution >= 4 is 47.8 Å². The standard InChI is InChI=1S/C11H13Br3/c1-2-8-3-10(6-13)11(7-14)4-9(8)5-12/h3-4H,2,5-7H2,1H3. The van der Waals surface area contributed by atoms with E-state index >= 15 is 0 Å². The van der Waals surface area contributed by atoms with Gasteiger partial charge in [0.05, 0.1) is 0 Å². The zero-order chi connectivity index (χ0) is 10.6. The fourth-order valence-electron chi connectivity index (χ4n) is 1.49. The van der Waals surface area contributed by atoms with Crippen molar-refractivity contribution in [1.82, 2.24) is 0 Å². The van der Waals surface area contributed by atoms with E-state index in [9.17, 15) is 0 Å². The van der Waals surface area contributed by atoms with Crippen LogP contribution in [0.2, 0.25) is 0 Å². The molecule has 0 spiro atoms. The molecule has 0 aliphatic rings. The maximum absolute atomic E-state index is 3.53. The van der Waals surface area contributed by atoms with E-state index in [0.717, 1.165) is 22.4 Å². The number of halogens is 3. The van der Waals surface area contributed by atoms with Gasteiger partial charge in [-0.15, -0.1) is 0 Å². The highest BCUT2D eigenvalue weighted by molar-refractivity contribution is 9.09. The molecule has 0 aliphatic heterocycles. The summed E-state index contributed by atoms with van der Waals surface area (Å²) in [5.74, 6) is 0. The van der Waals surface area contributed by atoms with Gasteiger partial charge >= 0.3 is 0 Å². The van der Waals surface area contributed by atoms with Crippen LogP contribution in [0.15, 0.2) is 12.1 Å². The lowest BCUT2D eigenvalue weighted by atomic mass is 9.99. The largest absolute Gasteiger partial charge is 0.0876 e. The van der Waals surface area contributed by atoms with Gasteiger partial charge in [0, 0.05) is 16.0 Å². The summed E-state index contributed by atoms with van der Waals surface area (Å²) in [7, 11) is 0. The average molecular weight is 385 g/mol. The molecule has 0 unspecified atom stereocenters. The highest BCUT2D eigenvalue weighted by Crippen LogP contribution is 2.23. The summed E-state index contributed by atoms with van der Waals surface area (Å²) in [6.45, 7) is 2.20. The number of aryl methyl sites for hydroxylation is 1. The zero-order valence-electron chi connectivity index (χ0n) is 8.12. The molecule has 0 radical (unpaired) electrons. The van der Waals surface area contributed by atoms with Gasteiger partial charge in [-0.1, -0.05) is 66.8 Å². The molecule has 0 heterocycles. The van der Waals surface area contributed by atoms with Crippen LogP contribution in [0.25, 0.3) is 0 Å². The Hall–Kier alpha value is 0.660. The number of hydrogen-bond donors (Lipinski definition) is 0. The van der Waals surface area contributed by atoms with Gasteiger partial charge in [0.15, 0.2) is 0 Å². The van der Waals surface area contributed by atoms with E-state index in [1.54, 1.807) is 0 Å². The van der Waals surface area contributed by atoms with Crippen molar-refractivity contribution in [2.75, 3.05) is 0 Å². The van der Waals surface area contributed by atoms with Crippen molar-refractivity contribution in [1.29, 1.82) is 0 Å². The van der Waals surface area contributed by atoms with Gasteiger partial charge in [-0.2, -0.15) is 0 Å². The third kappa shape index (κ3) is 2.83. The Morgan fingerprint density at radius 2 is 1.14 bits per heavy atom. The van der Waals surface area contributed by atoms with E-state index in [4.69, 9.17) is 0 Å². The van der Waals surface area contributed by atoms with Gasteiger partial charge in [-0.3, -0.25) is 0 Å². The summed E-state index contributed by atoms with van der Waals surface area (Å²) in [6, 6.07) is 4.60. The maximum atomic E-state index is 3.53. The van der Waals surface area contributed by atoms with Gasteiger partial charge in [0.2, 0.25) is 0 Å². The highest BCUT2D eigenvalue weighted by atomic mass is 79.9. The van der Waals surface area contributed by atoms with Crippen LogP contribution in [-0.2, 0) is 22.4 Å². The second-order valence-corrected chi connectivity index (χ2v) is 4.83. The SMILES string of the molecule is CCc1cc(CBr)c(CBr)cc1CBr. The number of benzene rings is 1. The van der Waals surface area contributed by atoms with Crippen molar-refractivity contribution in [2.24, 2.45) is 0 Å². The summed E-state index contributed by atoms with van der Waals surface area (Å²) >= 11 is 10.6. The second kappa shape index (κ2) is 6.29. The van der Waals surface area contributed by atoms with E-state index in [1.807, 2.05) is 0 Å². The predicted octanol–water partition coefficient (Wildman–Crippen LogP) is 4.93. The van der Waals surface area contributed by atoms with Crippen LogP contribution in [0.3, 0.4) is 0 Å². The van der Waals surface area contributed by atoms with Gasteiger partial charge in [0.25, 0.3) is 0 Å². The van der Waals surface area contributed by atoms with Gasteiger partial charge in [0.1, 0.15) is 0 Å². The molecule has 0 saturated heterocycles. The lowest BCUT2D eigenvalue weighted by Crippen LogP contribution is -1.96. The Balaban J connectivity index is 3.20. The van der Waals surface area contributed by atoms with Gasteiger partial charge < -0.3 is 0 Å². The molecule has 0 amide bonds. The predicted molar refractivity (Wildman–Crippen MR) is 73.7 cm³/mol. The molecule has 78 valence electrons. The van der Waals surface area contributed by atoms with E-state index in [2.05, 4.69) is 66.8 Å². The minimum absolute atomic E-state index is 0.928. The van der Waals surface area contributed by atoms with Crippen molar-refractivity contribution in [3.63, 3.8) is 0 Å². The van der Waals surface area contributed by atoms with Gasteiger partial charge in [-0.25, -0.2) is 0 Å². The monoisotopic (exact) mass is 382 g/mol. The minimum atomic E-state index is 0.928. The van der Waals surface area contributed by atoms with Crippen molar-refractivity contribution < 1.29 is 0 Å². The molecule has 1 aromatic carbocycles. The third-order valence-electron chi connectivity index (χ3n) is 2.33. The summed E-state index contributed by atoms with van der Waals surface area (Å²) in [6.07, 6.45) is 1.10. The molecule has 0 fully saturated rings. The van der Waals surface area contributed by atoms with Crippen LogP contribution in [0.4, 0.5) is 0 Å². The fraction of sp³-hybridized carbons (Fsp3) is 0.455. The molecule has 0 bridgehead atoms. The van der Waals surface area contributed by atoms with Crippen LogP contribution >= 0.6 is 47.8 Å². The summed E-state index contributed by atoms with van der Waals surface area (Å²) in [5.41, 5.74) is 5.63. The van der Waals surface area contributed by atoms with Crippen LogP contribution in [0.1, 0.15) is 29.2 Å². The molecule has 0 aliphatic carbocycles. The molecule has 0 atom stereocenters. The average Bonchev–Trinajstić information content (AvgIpc) is 2.26. The first kappa shape index (κ1) is 12.7. The first-order valence-corrected chi connectivity index (χ1v) is 7.94. The minimum Gasteiger partial charge on any atom is -0.0876 e. The first-order chi connectivity index (χ1) is 6.76. The smallest absolute Gasteiger partial charge is 0.0286 e. The Kier molecular flexibility index (Phi) is 5.72. The molecule has 3 heteroatoms. The van der Waals surface area contributed by atoms with Crippen molar-refractivity contribution in [3.05, 3.63) is 34.4 Å². The molecular weight excluding hydrogens is 372 g/mol. The fourth-order valence-corrected chi connectivity index (χ4v) is 3.06. The lowest BCUT2D eigenvalue weighted by molar-refractivity contribution is 1.08. The molecular formula is C11H13Br3. The maximum Gasteiger partial charge on any atom is 0.0286 e. The number of hydrogen-bond acceptors (Lipinski definition) is 0. The van der Waals surface area contributed by atoms with Crippen LogP contribution in [0.5, 0.6) is 0 Å². The van der Waals surface area contributed by atoms with E-state index < -0.39 is 0 Å². The number of alkyl halides is 3. The Morgan fingerprint density at radius 3 is 1.50 bits per heavy atom. The van der Waals surface area contributed by atoms with Gasteiger partial charge in [-0.05, 0) is 28.7 Å².